The number of carbonyl (C=O) groups excluding carboxylic acids is 1. The molecule has 0 atom stereocenters. The summed E-state index contributed by atoms with van der Waals surface area (Å²) in [5.41, 5.74) is 0.321. The monoisotopic (exact) mass is 404 g/mol. The summed E-state index contributed by atoms with van der Waals surface area (Å²) in [6.07, 6.45) is 0. The van der Waals surface area contributed by atoms with Gasteiger partial charge in [-0.25, -0.2) is 0 Å². The van der Waals surface area contributed by atoms with E-state index in [0.717, 1.165) is 6.07 Å². The summed E-state index contributed by atoms with van der Waals surface area (Å²) in [6.45, 7) is 1.44. The van der Waals surface area contributed by atoms with Gasteiger partial charge >= 0.3 is 0 Å². The maximum Gasteiger partial charge on any atom is 0.212 e. The molecule has 0 bridgehead atoms. The van der Waals surface area contributed by atoms with Crippen molar-refractivity contribution >= 4 is 16.8 Å². The van der Waals surface area contributed by atoms with Crippen LogP contribution in [0.2, 0.25) is 0 Å². The van der Waals surface area contributed by atoms with Gasteiger partial charge in [0.15, 0.2) is 22.5 Å². The van der Waals surface area contributed by atoms with Crippen LogP contribution >= 0.6 is 0 Å². The van der Waals surface area contributed by atoms with E-state index in [1.54, 1.807) is 24.3 Å². The normalized spacial score (nSPS) is 10.8. The van der Waals surface area contributed by atoms with Crippen LogP contribution in [-0.4, -0.2) is 21.1 Å². The van der Waals surface area contributed by atoms with Crippen molar-refractivity contribution in [3.8, 4) is 40.1 Å². The number of Topliss-reactive ketones (excluding diaryl/α,β-unsaturated/α-hetero) is 1. The van der Waals surface area contributed by atoms with Gasteiger partial charge in [0.2, 0.25) is 5.75 Å². The molecule has 0 saturated heterocycles. The number of rotatable bonds is 4. The van der Waals surface area contributed by atoms with Gasteiger partial charge in [0.25, 0.3) is 0 Å². The van der Waals surface area contributed by atoms with E-state index in [1.165, 1.54) is 37.3 Å². The standard InChI is InChI=1S/C23H16O7/c1-12(24)13-4-8-16(9-5-13)29-22-19(28)10-17(26)21-18(27)11-20(30-23(21)22)14-2-6-15(25)7-3-14/h2-11,25-26,28H,1H3. The van der Waals surface area contributed by atoms with Gasteiger partial charge in [-0.2, -0.15) is 0 Å². The van der Waals surface area contributed by atoms with Crippen LogP contribution < -0.4 is 10.2 Å². The third kappa shape index (κ3) is 3.44. The molecule has 0 aliphatic carbocycles. The summed E-state index contributed by atoms with van der Waals surface area (Å²) in [5, 5.41) is 29.8. The number of aromatic hydroxyl groups is 3. The first-order chi connectivity index (χ1) is 14.3. The molecular formula is C23H16O7. The number of benzene rings is 3. The third-order valence-corrected chi connectivity index (χ3v) is 4.55. The molecular weight excluding hydrogens is 388 g/mol. The zero-order valence-electron chi connectivity index (χ0n) is 15.7. The fourth-order valence-electron chi connectivity index (χ4n) is 3.02. The molecule has 0 radical (unpaired) electrons. The average Bonchev–Trinajstić information content (AvgIpc) is 2.71. The molecule has 1 heterocycles. The SMILES string of the molecule is CC(=O)c1ccc(Oc2c(O)cc(O)c3c(=O)cc(-c4ccc(O)cc4)oc23)cc1. The van der Waals surface area contributed by atoms with E-state index in [4.69, 9.17) is 9.15 Å². The minimum absolute atomic E-state index is 0.0511. The molecule has 3 N–H and O–H groups in total. The van der Waals surface area contributed by atoms with Crippen LogP contribution in [0.25, 0.3) is 22.3 Å². The van der Waals surface area contributed by atoms with Crippen molar-refractivity contribution in [2.24, 2.45) is 0 Å². The molecule has 0 unspecified atom stereocenters. The predicted molar refractivity (Wildman–Crippen MR) is 109 cm³/mol. The van der Waals surface area contributed by atoms with Gasteiger partial charge in [0, 0.05) is 23.3 Å². The molecule has 0 fully saturated rings. The van der Waals surface area contributed by atoms with E-state index in [2.05, 4.69) is 0 Å². The molecule has 7 heteroatoms. The summed E-state index contributed by atoms with van der Waals surface area (Å²) in [5.74, 6) is -0.640. The Morgan fingerprint density at radius 2 is 1.57 bits per heavy atom. The van der Waals surface area contributed by atoms with E-state index in [1.807, 2.05) is 0 Å². The Hall–Kier alpha value is -4.26. The van der Waals surface area contributed by atoms with Gasteiger partial charge < -0.3 is 24.5 Å². The van der Waals surface area contributed by atoms with E-state index >= 15 is 0 Å². The predicted octanol–water partition coefficient (Wildman–Crippen LogP) is 4.57. The van der Waals surface area contributed by atoms with Gasteiger partial charge in [-0.15, -0.1) is 0 Å². The Morgan fingerprint density at radius 1 is 0.900 bits per heavy atom. The molecule has 0 amide bonds. The van der Waals surface area contributed by atoms with Gasteiger partial charge in [0.1, 0.15) is 28.4 Å². The van der Waals surface area contributed by atoms with E-state index in [0.29, 0.717) is 16.9 Å². The zero-order valence-corrected chi connectivity index (χ0v) is 15.7. The maximum absolute atomic E-state index is 12.7. The fourth-order valence-corrected chi connectivity index (χ4v) is 3.02. The van der Waals surface area contributed by atoms with Crippen LogP contribution in [0.5, 0.6) is 28.7 Å². The van der Waals surface area contributed by atoms with Crippen molar-refractivity contribution < 1.29 is 29.3 Å². The number of hydrogen-bond donors (Lipinski definition) is 3. The number of carbonyl (C=O) groups is 1. The lowest BCUT2D eigenvalue weighted by Crippen LogP contribution is -2.02. The summed E-state index contributed by atoms with van der Waals surface area (Å²) in [7, 11) is 0. The Balaban J connectivity index is 1.88. The van der Waals surface area contributed by atoms with Crippen molar-refractivity contribution in [3.63, 3.8) is 0 Å². The first-order valence-electron chi connectivity index (χ1n) is 8.94. The summed E-state index contributed by atoms with van der Waals surface area (Å²) < 4.78 is 11.5. The van der Waals surface area contributed by atoms with Crippen molar-refractivity contribution in [1.29, 1.82) is 0 Å². The first kappa shape index (κ1) is 19.1. The second kappa shape index (κ2) is 7.29. The Kier molecular flexibility index (Phi) is 4.63. The second-order valence-corrected chi connectivity index (χ2v) is 6.65. The van der Waals surface area contributed by atoms with Crippen LogP contribution in [0.1, 0.15) is 17.3 Å². The van der Waals surface area contributed by atoms with Crippen LogP contribution in [0.15, 0.2) is 69.9 Å². The van der Waals surface area contributed by atoms with Crippen LogP contribution in [-0.2, 0) is 0 Å². The minimum atomic E-state index is -0.534. The molecule has 150 valence electrons. The molecule has 3 aromatic carbocycles. The van der Waals surface area contributed by atoms with Crippen LogP contribution in [0, 0.1) is 0 Å². The summed E-state index contributed by atoms with van der Waals surface area (Å²) >= 11 is 0. The molecule has 1 aromatic heterocycles. The van der Waals surface area contributed by atoms with Crippen LogP contribution in [0.4, 0.5) is 0 Å². The fraction of sp³-hybridized carbons (Fsp3) is 0.0435. The van der Waals surface area contributed by atoms with Crippen molar-refractivity contribution in [3.05, 3.63) is 76.5 Å². The maximum atomic E-state index is 12.7. The van der Waals surface area contributed by atoms with E-state index in [-0.39, 0.29) is 34.0 Å². The highest BCUT2D eigenvalue weighted by Crippen LogP contribution is 2.42. The number of fused-ring (bicyclic) bond motifs is 1. The Labute approximate surface area is 170 Å². The molecule has 4 aromatic rings. The lowest BCUT2D eigenvalue weighted by atomic mass is 10.1. The number of phenols is 3. The smallest absolute Gasteiger partial charge is 0.212 e. The highest BCUT2D eigenvalue weighted by Gasteiger charge is 2.20. The number of ketones is 1. The summed E-state index contributed by atoms with van der Waals surface area (Å²) in [6, 6.07) is 14.4. The van der Waals surface area contributed by atoms with Gasteiger partial charge in [-0.3, -0.25) is 9.59 Å². The van der Waals surface area contributed by atoms with E-state index < -0.39 is 16.9 Å². The molecule has 0 aliphatic heterocycles. The number of ether oxygens (including phenoxy) is 1. The molecule has 30 heavy (non-hydrogen) atoms. The lowest BCUT2D eigenvalue weighted by Gasteiger charge is -2.12. The lowest BCUT2D eigenvalue weighted by molar-refractivity contribution is 0.101. The Morgan fingerprint density at radius 3 is 2.20 bits per heavy atom. The Bertz CT molecular complexity index is 1320. The topological polar surface area (TPSA) is 117 Å². The van der Waals surface area contributed by atoms with Gasteiger partial charge in [0.05, 0.1) is 0 Å². The van der Waals surface area contributed by atoms with Crippen molar-refractivity contribution in [2.45, 2.75) is 6.92 Å². The molecule has 7 nitrogen and oxygen atoms in total. The van der Waals surface area contributed by atoms with E-state index in [9.17, 15) is 24.9 Å². The van der Waals surface area contributed by atoms with Gasteiger partial charge in [-0.05, 0) is 55.5 Å². The number of phenolic OH excluding ortho intramolecular Hbond substituents is 3. The van der Waals surface area contributed by atoms with Crippen molar-refractivity contribution in [2.75, 3.05) is 0 Å². The summed E-state index contributed by atoms with van der Waals surface area (Å²) in [4.78, 5) is 24.1. The molecule has 0 aliphatic rings. The zero-order chi connectivity index (χ0) is 21.4. The first-order valence-corrected chi connectivity index (χ1v) is 8.94. The van der Waals surface area contributed by atoms with Gasteiger partial charge in [-0.1, -0.05) is 0 Å². The quantitative estimate of drug-likeness (QED) is 0.426. The number of hydrogen-bond acceptors (Lipinski definition) is 7. The molecule has 0 saturated carbocycles. The molecule has 4 rings (SSSR count). The highest BCUT2D eigenvalue weighted by molar-refractivity contribution is 5.94. The average molecular weight is 404 g/mol. The molecule has 0 spiro atoms. The van der Waals surface area contributed by atoms with Crippen molar-refractivity contribution in [1.82, 2.24) is 0 Å². The second-order valence-electron chi connectivity index (χ2n) is 6.65. The van der Waals surface area contributed by atoms with Crippen LogP contribution in [0.3, 0.4) is 0 Å². The largest absolute Gasteiger partial charge is 0.508 e. The minimum Gasteiger partial charge on any atom is -0.508 e. The third-order valence-electron chi connectivity index (χ3n) is 4.55. The highest BCUT2D eigenvalue weighted by atomic mass is 16.5.